The molecule has 0 atom stereocenters. The standard InChI is InChI=1S/C21H23F4N3O/c1-11(2)15-10-18(26-12(3)19(15)20(29)27-14-5-4-6-14)28-17-8-7-13(9-16(17)22)21(23,24)25/h7-11,14H,4-6H2,1-3H3,(H,26,28)(H,27,29). The van der Waals surface area contributed by atoms with Gasteiger partial charge in [-0.05, 0) is 61.9 Å². The summed E-state index contributed by atoms with van der Waals surface area (Å²) in [7, 11) is 0. The number of halogens is 4. The number of nitrogens with one attached hydrogen (secondary N) is 2. The van der Waals surface area contributed by atoms with Crippen molar-refractivity contribution in [3.63, 3.8) is 0 Å². The fourth-order valence-electron chi connectivity index (χ4n) is 3.25. The lowest BCUT2D eigenvalue weighted by Gasteiger charge is -2.27. The monoisotopic (exact) mass is 409 g/mol. The Morgan fingerprint density at radius 3 is 2.41 bits per heavy atom. The van der Waals surface area contributed by atoms with E-state index >= 15 is 0 Å². The van der Waals surface area contributed by atoms with Crippen LogP contribution in [0.25, 0.3) is 0 Å². The number of carbonyl (C=O) groups excluding carboxylic acids is 1. The van der Waals surface area contributed by atoms with Gasteiger partial charge < -0.3 is 10.6 Å². The number of rotatable bonds is 5. The van der Waals surface area contributed by atoms with Gasteiger partial charge in [0.15, 0.2) is 0 Å². The fourth-order valence-corrected chi connectivity index (χ4v) is 3.25. The van der Waals surface area contributed by atoms with Crippen molar-refractivity contribution in [2.24, 2.45) is 0 Å². The van der Waals surface area contributed by atoms with Gasteiger partial charge in [0, 0.05) is 6.04 Å². The normalized spacial score (nSPS) is 14.6. The van der Waals surface area contributed by atoms with Crippen molar-refractivity contribution in [3.8, 4) is 0 Å². The molecule has 0 unspecified atom stereocenters. The van der Waals surface area contributed by atoms with Crippen molar-refractivity contribution in [2.75, 3.05) is 5.32 Å². The summed E-state index contributed by atoms with van der Waals surface area (Å²) >= 11 is 0. The van der Waals surface area contributed by atoms with E-state index in [1.54, 1.807) is 13.0 Å². The van der Waals surface area contributed by atoms with E-state index < -0.39 is 17.6 Å². The minimum absolute atomic E-state index is 0.00292. The van der Waals surface area contributed by atoms with Crippen LogP contribution in [0.4, 0.5) is 29.1 Å². The maximum atomic E-state index is 14.2. The maximum Gasteiger partial charge on any atom is 0.416 e. The first-order chi connectivity index (χ1) is 13.6. The van der Waals surface area contributed by atoms with Gasteiger partial charge in [0.25, 0.3) is 5.91 Å². The van der Waals surface area contributed by atoms with Crippen LogP contribution in [-0.2, 0) is 6.18 Å². The van der Waals surface area contributed by atoms with Crippen molar-refractivity contribution >= 4 is 17.4 Å². The molecular weight excluding hydrogens is 386 g/mol. The number of aryl methyl sites for hydroxylation is 1. The zero-order chi connectivity index (χ0) is 21.3. The highest BCUT2D eigenvalue weighted by Crippen LogP contribution is 2.33. The lowest BCUT2D eigenvalue weighted by Crippen LogP contribution is -2.40. The quantitative estimate of drug-likeness (QED) is 0.623. The number of anilines is 2. The summed E-state index contributed by atoms with van der Waals surface area (Å²) in [6.45, 7) is 5.55. The Bertz CT molecular complexity index is 921. The van der Waals surface area contributed by atoms with Gasteiger partial charge in [0.2, 0.25) is 0 Å². The van der Waals surface area contributed by atoms with E-state index in [1.165, 1.54) is 0 Å². The molecule has 8 heteroatoms. The molecule has 1 aromatic carbocycles. The molecule has 29 heavy (non-hydrogen) atoms. The number of hydrogen-bond acceptors (Lipinski definition) is 3. The number of aromatic nitrogens is 1. The van der Waals surface area contributed by atoms with E-state index in [1.807, 2.05) is 13.8 Å². The number of nitrogens with zero attached hydrogens (tertiary/aromatic N) is 1. The summed E-state index contributed by atoms with van der Waals surface area (Å²) in [6, 6.07) is 4.10. The van der Waals surface area contributed by atoms with Crippen LogP contribution in [0.15, 0.2) is 24.3 Å². The molecular formula is C21H23F4N3O. The molecule has 0 spiro atoms. The average molecular weight is 409 g/mol. The second kappa shape index (κ2) is 8.00. The van der Waals surface area contributed by atoms with Gasteiger partial charge in [-0.1, -0.05) is 13.8 Å². The van der Waals surface area contributed by atoms with E-state index in [0.29, 0.717) is 17.3 Å². The van der Waals surface area contributed by atoms with E-state index in [4.69, 9.17) is 0 Å². The Kier molecular flexibility index (Phi) is 5.82. The highest BCUT2D eigenvalue weighted by Gasteiger charge is 2.31. The van der Waals surface area contributed by atoms with Crippen molar-refractivity contribution in [1.82, 2.24) is 10.3 Å². The molecule has 0 saturated heterocycles. The van der Waals surface area contributed by atoms with Gasteiger partial charge in [-0.2, -0.15) is 13.2 Å². The molecule has 0 bridgehead atoms. The number of alkyl halides is 3. The highest BCUT2D eigenvalue weighted by atomic mass is 19.4. The van der Waals surface area contributed by atoms with Gasteiger partial charge in [-0.25, -0.2) is 9.37 Å². The minimum Gasteiger partial charge on any atom is -0.349 e. The summed E-state index contributed by atoms with van der Waals surface area (Å²) in [6.07, 6.45) is -1.60. The Labute approximate surface area is 166 Å². The molecule has 2 aromatic rings. The average Bonchev–Trinajstić information content (AvgIpc) is 2.58. The van der Waals surface area contributed by atoms with Crippen molar-refractivity contribution in [3.05, 3.63) is 52.5 Å². The second-order valence-corrected chi connectivity index (χ2v) is 7.63. The summed E-state index contributed by atoms with van der Waals surface area (Å²) in [5.74, 6) is -0.949. The lowest BCUT2D eigenvalue weighted by molar-refractivity contribution is -0.137. The van der Waals surface area contributed by atoms with Crippen LogP contribution < -0.4 is 10.6 Å². The van der Waals surface area contributed by atoms with Gasteiger partial charge in [-0.3, -0.25) is 4.79 Å². The SMILES string of the molecule is Cc1nc(Nc2ccc(C(F)(F)F)cc2F)cc(C(C)C)c1C(=O)NC1CCC1. The molecule has 0 radical (unpaired) electrons. The number of hydrogen-bond donors (Lipinski definition) is 2. The van der Waals surface area contributed by atoms with E-state index in [2.05, 4.69) is 15.6 Å². The van der Waals surface area contributed by atoms with Gasteiger partial charge in [0.05, 0.1) is 22.5 Å². The first-order valence-electron chi connectivity index (χ1n) is 9.52. The summed E-state index contributed by atoms with van der Waals surface area (Å²) in [4.78, 5) is 17.0. The Morgan fingerprint density at radius 1 is 1.21 bits per heavy atom. The van der Waals surface area contributed by atoms with Crippen molar-refractivity contribution < 1.29 is 22.4 Å². The molecule has 3 rings (SSSR count). The summed E-state index contributed by atoms with van der Waals surface area (Å²) in [5.41, 5.74) is 0.527. The zero-order valence-corrected chi connectivity index (χ0v) is 16.5. The first kappa shape index (κ1) is 21.1. The van der Waals surface area contributed by atoms with Crippen LogP contribution >= 0.6 is 0 Å². The molecule has 2 N–H and O–H groups in total. The van der Waals surface area contributed by atoms with E-state index in [0.717, 1.165) is 37.0 Å². The third-order valence-electron chi connectivity index (χ3n) is 5.08. The molecule has 1 saturated carbocycles. The largest absolute Gasteiger partial charge is 0.416 e. The maximum absolute atomic E-state index is 14.2. The van der Waals surface area contributed by atoms with Gasteiger partial charge >= 0.3 is 6.18 Å². The zero-order valence-electron chi connectivity index (χ0n) is 16.5. The van der Waals surface area contributed by atoms with Crippen LogP contribution in [0.2, 0.25) is 0 Å². The molecule has 1 fully saturated rings. The fraction of sp³-hybridized carbons (Fsp3) is 0.429. The first-order valence-corrected chi connectivity index (χ1v) is 9.52. The molecule has 1 aliphatic carbocycles. The number of pyridine rings is 1. The predicted molar refractivity (Wildman–Crippen MR) is 103 cm³/mol. The minimum atomic E-state index is -4.62. The second-order valence-electron chi connectivity index (χ2n) is 7.63. The lowest BCUT2D eigenvalue weighted by atomic mass is 9.91. The molecule has 1 heterocycles. The molecule has 156 valence electrons. The number of amides is 1. The van der Waals surface area contributed by atoms with Crippen LogP contribution in [-0.4, -0.2) is 16.9 Å². The van der Waals surface area contributed by atoms with Crippen molar-refractivity contribution in [2.45, 2.75) is 58.2 Å². The number of benzene rings is 1. The Balaban J connectivity index is 1.90. The third kappa shape index (κ3) is 4.68. The highest BCUT2D eigenvalue weighted by molar-refractivity contribution is 5.97. The summed E-state index contributed by atoms with van der Waals surface area (Å²) < 4.78 is 52.3. The molecule has 1 amide bonds. The Hall–Kier alpha value is -2.64. The topological polar surface area (TPSA) is 54.0 Å². The van der Waals surface area contributed by atoms with E-state index in [-0.39, 0.29) is 29.4 Å². The Morgan fingerprint density at radius 2 is 1.90 bits per heavy atom. The van der Waals surface area contributed by atoms with Crippen LogP contribution in [0.1, 0.15) is 66.2 Å². The predicted octanol–water partition coefficient (Wildman–Crippen LogP) is 5.70. The molecule has 0 aliphatic heterocycles. The molecule has 1 aromatic heterocycles. The van der Waals surface area contributed by atoms with Crippen LogP contribution in [0.3, 0.4) is 0 Å². The van der Waals surface area contributed by atoms with Gasteiger partial charge in [-0.15, -0.1) is 0 Å². The van der Waals surface area contributed by atoms with Gasteiger partial charge in [0.1, 0.15) is 11.6 Å². The molecule has 4 nitrogen and oxygen atoms in total. The van der Waals surface area contributed by atoms with Crippen LogP contribution in [0, 0.1) is 12.7 Å². The number of carbonyl (C=O) groups is 1. The smallest absolute Gasteiger partial charge is 0.349 e. The summed E-state index contributed by atoms with van der Waals surface area (Å²) in [5, 5.41) is 5.73. The van der Waals surface area contributed by atoms with Crippen molar-refractivity contribution in [1.29, 1.82) is 0 Å². The molecule has 1 aliphatic rings. The third-order valence-corrected chi connectivity index (χ3v) is 5.08. The van der Waals surface area contributed by atoms with E-state index in [9.17, 15) is 22.4 Å². The van der Waals surface area contributed by atoms with Crippen LogP contribution in [0.5, 0.6) is 0 Å².